The molecule has 4 heterocycles. The Balaban J connectivity index is 1.28. The second kappa shape index (κ2) is 9.14. The number of rotatable bonds is 4. The predicted octanol–water partition coefficient (Wildman–Crippen LogP) is 6.26. The number of amides is 2. The third kappa shape index (κ3) is 3.77. The first-order chi connectivity index (χ1) is 21.1. The third-order valence-electron chi connectivity index (χ3n) is 9.04. The van der Waals surface area contributed by atoms with Gasteiger partial charge < -0.3 is 5.11 Å². The Bertz CT molecular complexity index is 2120. The second-order valence-electron chi connectivity index (χ2n) is 12.3. The van der Waals surface area contributed by atoms with E-state index in [0.29, 0.717) is 11.1 Å². The van der Waals surface area contributed by atoms with E-state index in [1.165, 1.54) is 4.90 Å². The van der Waals surface area contributed by atoms with E-state index in [4.69, 9.17) is 9.97 Å². The van der Waals surface area contributed by atoms with Gasteiger partial charge in [-0.25, -0.2) is 9.97 Å². The normalized spacial score (nSPS) is 21.2. The quantitative estimate of drug-likeness (QED) is 0.247. The average molecular weight is 580 g/mol. The standard InChI is InChI=1S/C36H29N5O3/c1-21-17-30-37-22(2)28-18-29(23-9-5-4-6-10-23)31(38-32(28)41(30)39-21)24-13-15-25(16-14-24)36(19-35(3,44)20-36)40-33(42)26-11-7-8-12-27(26)34(40)43/h4-18,44H,19-20H2,1-3H3. The molecule has 8 nitrogen and oxygen atoms in total. The Morgan fingerprint density at radius 3 is 2.02 bits per heavy atom. The van der Waals surface area contributed by atoms with Crippen LogP contribution in [0.1, 0.15) is 57.4 Å². The lowest BCUT2D eigenvalue weighted by molar-refractivity contribution is -0.118. The minimum Gasteiger partial charge on any atom is -0.390 e. The Morgan fingerprint density at radius 2 is 1.39 bits per heavy atom. The lowest BCUT2D eigenvalue weighted by Gasteiger charge is -2.55. The number of imide groups is 1. The highest BCUT2D eigenvalue weighted by Crippen LogP contribution is 2.54. The van der Waals surface area contributed by atoms with Crippen molar-refractivity contribution < 1.29 is 14.7 Å². The van der Waals surface area contributed by atoms with Gasteiger partial charge in [-0.2, -0.15) is 9.61 Å². The summed E-state index contributed by atoms with van der Waals surface area (Å²) in [4.78, 5) is 38.5. The maximum absolute atomic E-state index is 13.6. The molecule has 0 radical (unpaired) electrons. The largest absolute Gasteiger partial charge is 0.390 e. The monoisotopic (exact) mass is 579 g/mol. The summed E-state index contributed by atoms with van der Waals surface area (Å²) >= 11 is 0. The Kier molecular flexibility index (Phi) is 5.49. The van der Waals surface area contributed by atoms with Crippen LogP contribution in [0.25, 0.3) is 39.1 Å². The highest BCUT2D eigenvalue weighted by molar-refractivity contribution is 6.22. The molecule has 8 heteroatoms. The number of hydrogen-bond donors (Lipinski definition) is 1. The zero-order valence-corrected chi connectivity index (χ0v) is 24.6. The van der Waals surface area contributed by atoms with Crippen molar-refractivity contribution in [2.24, 2.45) is 0 Å². The molecule has 0 atom stereocenters. The smallest absolute Gasteiger partial charge is 0.262 e. The summed E-state index contributed by atoms with van der Waals surface area (Å²) in [6, 6.07) is 29.0. The molecule has 0 spiro atoms. The van der Waals surface area contributed by atoms with Gasteiger partial charge in [0, 0.05) is 35.4 Å². The summed E-state index contributed by atoms with van der Waals surface area (Å²) in [7, 11) is 0. The molecule has 2 amide bonds. The number of benzene rings is 3. The van der Waals surface area contributed by atoms with Crippen LogP contribution < -0.4 is 0 Å². The average Bonchev–Trinajstić information content (AvgIpc) is 3.51. The molecular weight excluding hydrogens is 550 g/mol. The lowest BCUT2D eigenvalue weighted by Crippen LogP contribution is -2.63. The van der Waals surface area contributed by atoms with Crippen molar-refractivity contribution in [3.8, 4) is 22.4 Å². The zero-order chi connectivity index (χ0) is 30.4. The first kappa shape index (κ1) is 26.4. The maximum atomic E-state index is 13.6. The number of pyridine rings is 1. The van der Waals surface area contributed by atoms with Crippen LogP contribution in [0.15, 0.2) is 91.0 Å². The van der Waals surface area contributed by atoms with E-state index in [1.54, 1.807) is 35.7 Å². The molecule has 0 bridgehead atoms. The van der Waals surface area contributed by atoms with Gasteiger partial charge in [-0.15, -0.1) is 0 Å². The van der Waals surface area contributed by atoms with Crippen molar-refractivity contribution in [2.75, 3.05) is 0 Å². The number of carbonyl (C=O) groups is 2. The van der Waals surface area contributed by atoms with E-state index in [0.717, 1.165) is 56.0 Å². The van der Waals surface area contributed by atoms with E-state index in [-0.39, 0.29) is 24.7 Å². The van der Waals surface area contributed by atoms with Gasteiger partial charge in [-0.3, -0.25) is 14.5 Å². The van der Waals surface area contributed by atoms with Crippen molar-refractivity contribution in [3.63, 3.8) is 0 Å². The number of aliphatic hydroxyl groups is 1. The maximum Gasteiger partial charge on any atom is 0.262 e. The van der Waals surface area contributed by atoms with Gasteiger partial charge in [-0.05, 0) is 50.1 Å². The van der Waals surface area contributed by atoms with E-state index >= 15 is 0 Å². The Hall–Kier alpha value is -5.21. The highest BCUT2D eigenvalue weighted by Gasteiger charge is 2.60. The van der Waals surface area contributed by atoms with Crippen molar-refractivity contribution in [2.45, 2.75) is 44.8 Å². The number of fused-ring (bicyclic) bond motifs is 4. The SMILES string of the molecule is Cc1cc2nc(C)c3cc(-c4ccccc4)c(-c4ccc(C5(N6C(=O)c7ccccc7C6=O)CC(C)(O)C5)cc4)nc3n2n1. The molecule has 1 aliphatic heterocycles. The Morgan fingerprint density at radius 1 is 0.750 bits per heavy atom. The molecule has 216 valence electrons. The minimum atomic E-state index is -0.993. The van der Waals surface area contributed by atoms with Crippen LogP contribution in [0.5, 0.6) is 0 Å². The Labute approximate surface area is 253 Å². The van der Waals surface area contributed by atoms with Crippen molar-refractivity contribution >= 4 is 28.5 Å². The number of hydrogen-bond acceptors (Lipinski definition) is 6. The summed E-state index contributed by atoms with van der Waals surface area (Å²) in [5.41, 5.74) is 6.50. The van der Waals surface area contributed by atoms with Crippen LogP contribution in [0.4, 0.5) is 0 Å². The number of aromatic nitrogens is 4. The van der Waals surface area contributed by atoms with Gasteiger partial charge in [0.05, 0.1) is 39.3 Å². The summed E-state index contributed by atoms with van der Waals surface area (Å²) in [5, 5.41) is 16.5. The van der Waals surface area contributed by atoms with Crippen molar-refractivity contribution in [3.05, 3.63) is 119 Å². The fourth-order valence-corrected chi connectivity index (χ4v) is 7.16. The van der Waals surface area contributed by atoms with E-state index in [9.17, 15) is 14.7 Å². The zero-order valence-electron chi connectivity index (χ0n) is 24.6. The summed E-state index contributed by atoms with van der Waals surface area (Å²) in [5.74, 6) is -0.648. The summed E-state index contributed by atoms with van der Waals surface area (Å²) in [6.45, 7) is 5.68. The van der Waals surface area contributed by atoms with Gasteiger partial charge >= 0.3 is 0 Å². The molecule has 3 aromatic heterocycles. The summed E-state index contributed by atoms with van der Waals surface area (Å²) in [6.07, 6.45) is 0.522. The fourth-order valence-electron chi connectivity index (χ4n) is 7.16. The first-order valence-corrected chi connectivity index (χ1v) is 14.7. The summed E-state index contributed by atoms with van der Waals surface area (Å²) < 4.78 is 1.79. The van der Waals surface area contributed by atoms with Gasteiger partial charge in [0.15, 0.2) is 11.3 Å². The molecule has 6 aromatic rings. The molecule has 1 aliphatic carbocycles. The highest BCUT2D eigenvalue weighted by atomic mass is 16.3. The minimum absolute atomic E-state index is 0.261. The van der Waals surface area contributed by atoms with E-state index in [1.807, 2.05) is 62.4 Å². The third-order valence-corrected chi connectivity index (χ3v) is 9.04. The van der Waals surface area contributed by atoms with Gasteiger partial charge in [0.1, 0.15) is 0 Å². The molecule has 2 aliphatic rings. The van der Waals surface area contributed by atoms with E-state index < -0.39 is 11.1 Å². The molecule has 1 fully saturated rings. The number of aryl methyl sites for hydroxylation is 2. The molecule has 1 saturated carbocycles. The van der Waals surface area contributed by atoms with Crippen molar-refractivity contribution in [1.82, 2.24) is 24.5 Å². The molecule has 1 N–H and O–H groups in total. The molecule has 8 rings (SSSR count). The molecule has 0 unspecified atom stereocenters. The molecule has 44 heavy (non-hydrogen) atoms. The van der Waals surface area contributed by atoms with Crippen LogP contribution in [0, 0.1) is 13.8 Å². The van der Waals surface area contributed by atoms with Gasteiger partial charge in [0.25, 0.3) is 11.8 Å². The predicted molar refractivity (Wildman–Crippen MR) is 167 cm³/mol. The molecule has 0 saturated heterocycles. The lowest BCUT2D eigenvalue weighted by atomic mass is 9.61. The number of carbonyl (C=O) groups excluding carboxylic acids is 2. The van der Waals surface area contributed by atoms with Crippen LogP contribution in [0.2, 0.25) is 0 Å². The molecular formula is C36H29N5O3. The van der Waals surface area contributed by atoms with Crippen LogP contribution in [0.3, 0.4) is 0 Å². The number of nitrogens with zero attached hydrogens (tertiary/aromatic N) is 5. The van der Waals surface area contributed by atoms with Crippen molar-refractivity contribution in [1.29, 1.82) is 0 Å². The van der Waals surface area contributed by atoms with Crippen LogP contribution in [-0.4, -0.2) is 47.0 Å². The first-order valence-electron chi connectivity index (χ1n) is 14.7. The second-order valence-corrected chi connectivity index (χ2v) is 12.3. The van der Waals surface area contributed by atoms with Crippen LogP contribution in [-0.2, 0) is 5.54 Å². The fraction of sp³-hybridized carbons (Fsp3) is 0.194. The van der Waals surface area contributed by atoms with Gasteiger partial charge in [-0.1, -0.05) is 66.7 Å². The van der Waals surface area contributed by atoms with Crippen LogP contribution >= 0.6 is 0 Å². The van der Waals surface area contributed by atoms with Gasteiger partial charge in [0.2, 0.25) is 0 Å². The molecule has 3 aromatic carbocycles. The van der Waals surface area contributed by atoms with E-state index in [2.05, 4.69) is 23.3 Å². The topological polar surface area (TPSA) is 101 Å².